The second-order valence-electron chi connectivity index (χ2n) is 5.44. The van der Waals surface area contributed by atoms with Crippen LogP contribution in [-0.4, -0.2) is 45.9 Å². The van der Waals surface area contributed by atoms with Gasteiger partial charge in [-0.2, -0.15) is 5.10 Å². The molecule has 0 aliphatic carbocycles. The molecule has 0 spiro atoms. The maximum absolute atomic E-state index is 5.91. The van der Waals surface area contributed by atoms with Crippen molar-refractivity contribution in [1.82, 2.24) is 39.8 Å². The number of halogens is 1. The first-order chi connectivity index (χ1) is 12.2. The Hall–Kier alpha value is -2.88. The van der Waals surface area contributed by atoms with Crippen molar-refractivity contribution >= 4 is 21.6 Å². The number of ether oxygens (including phenoxy) is 1. The number of fused-ring (bicyclic) bond motifs is 1. The minimum absolute atomic E-state index is 0.112. The molecule has 0 aliphatic heterocycles. The van der Waals surface area contributed by atoms with E-state index in [1.165, 1.54) is 0 Å². The van der Waals surface area contributed by atoms with Crippen LogP contribution in [0, 0.1) is 0 Å². The van der Waals surface area contributed by atoms with E-state index in [9.17, 15) is 0 Å². The van der Waals surface area contributed by atoms with Crippen molar-refractivity contribution in [2.24, 2.45) is 0 Å². The lowest BCUT2D eigenvalue weighted by molar-refractivity contribution is 0.192. The van der Waals surface area contributed by atoms with E-state index in [2.05, 4.69) is 46.5 Å². The predicted molar refractivity (Wildman–Crippen MR) is 91.8 cm³/mol. The zero-order valence-electron chi connectivity index (χ0n) is 13.2. The van der Waals surface area contributed by atoms with Gasteiger partial charge in [-0.25, -0.2) is 14.2 Å². The van der Waals surface area contributed by atoms with E-state index in [0.29, 0.717) is 12.3 Å². The molecule has 0 N–H and O–H groups in total. The Labute approximate surface area is 150 Å². The van der Waals surface area contributed by atoms with Gasteiger partial charge in [-0.15, -0.1) is 5.10 Å². The van der Waals surface area contributed by atoms with E-state index in [-0.39, 0.29) is 6.10 Å². The van der Waals surface area contributed by atoms with Gasteiger partial charge in [0.15, 0.2) is 5.65 Å². The highest BCUT2D eigenvalue weighted by Crippen LogP contribution is 2.23. The minimum Gasteiger partial charge on any atom is -0.487 e. The fraction of sp³-hybridized carbons (Fsp3) is 0.200. The second kappa shape index (κ2) is 6.55. The van der Waals surface area contributed by atoms with Gasteiger partial charge in [0.2, 0.25) is 0 Å². The lowest BCUT2D eigenvalue weighted by atomic mass is 10.2. The molecule has 25 heavy (non-hydrogen) atoms. The summed E-state index contributed by atoms with van der Waals surface area (Å²) in [6.07, 6.45) is 6.57. The average Bonchev–Trinajstić information content (AvgIpc) is 3.25. The molecular formula is C15H13BrN8O. The summed E-state index contributed by atoms with van der Waals surface area (Å²) in [7, 11) is 0. The molecule has 0 aromatic carbocycles. The van der Waals surface area contributed by atoms with Gasteiger partial charge in [-0.3, -0.25) is 4.98 Å². The third-order valence-corrected chi connectivity index (χ3v) is 4.04. The highest BCUT2D eigenvalue weighted by atomic mass is 79.9. The molecule has 9 nitrogen and oxygen atoms in total. The fourth-order valence-electron chi connectivity index (χ4n) is 2.42. The van der Waals surface area contributed by atoms with Gasteiger partial charge in [-0.05, 0) is 51.5 Å². The van der Waals surface area contributed by atoms with Crippen LogP contribution in [0.5, 0.6) is 5.75 Å². The van der Waals surface area contributed by atoms with Crippen molar-refractivity contribution < 1.29 is 4.74 Å². The van der Waals surface area contributed by atoms with Gasteiger partial charge in [-0.1, -0.05) is 0 Å². The van der Waals surface area contributed by atoms with E-state index in [4.69, 9.17) is 4.74 Å². The van der Waals surface area contributed by atoms with Crippen molar-refractivity contribution in [3.05, 3.63) is 47.7 Å². The van der Waals surface area contributed by atoms with Crippen molar-refractivity contribution in [3.63, 3.8) is 0 Å². The second-order valence-corrected chi connectivity index (χ2v) is 6.25. The molecule has 126 valence electrons. The van der Waals surface area contributed by atoms with Gasteiger partial charge in [0, 0.05) is 11.8 Å². The van der Waals surface area contributed by atoms with Crippen LogP contribution >= 0.6 is 15.9 Å². The molecule has 0 radical (unpaired) electrons. The maximum Gasteiger partial charge on any atom is 0.154 e. The minimum atomic E-state index is -0.112. The van der Waals surface area contributed by atoms with E-state index >= 15 is 0 Å². The summed E-state index contributed by atoms with van der Waals surface area (Å²) < 4.78 is 10.0. The molecule has 1 atom stereocenters. The normalized spacial score (nSPS) is 12.4. The van der Waals surface area contributed by atoms with Gasteiger partial charge in [0.05, 0.1) is 24.6 Å². The monoisotopic (exact) mass is 400 g/mol. The van der Waals surface area contributed by atoms with E-state index in [1.807, 2.05) is 25.1 Å². The van der Waals surface area contributed by atoms with Crippen LogP contribution in [0.15, 0.2) is 47.7 Å². The van der Waals surface area contributed by atoms with Gasteiger partial charge in [0.25, 0.3) is 0 Å². The first-order valence-corrected chi connectivity index (χ1v) is 8.31. The summed E-state index contributed by atoms with van der Waals surface area (Å²) in [5.74, 6) is 0.657. The number of hydrogen-bond donors (Lipinski definition) is 0. The zero-order chi connectivity index (χ0) is 17.2. The van der Waals surface area contributed by atoms with Gasteiger partial charge >= 0.3 is 0 Å². The number of nitrogens with zero attached hydrogens (tertiary/aromatic N) is 8. The van der Waals surface area contributed by atoms with Crippen molar-refractivity contribution in [2.45, 2.75) is 19.6 Å². The number of rotatable bonds is 5. The lowest BCUT2D eigenvalue weighted by Gasteiger charge is -2.14. The van der Waals surface area contributed by atoms with Gasteiger partial charge < -0.3 is 4.74 Å². The quantitative estimate of drug-likeness (QED) is 0.505. The van der Waals surface area contributed by atoms with Crippen LogP contribution in [0.25, 0.3) is 16.9 Å². The Balaban J connectivity index is 1.56. The molecule has 0 fully saturated rings. The average molecular weight is 401 g/mol. The Bertz CT molecular complexity index is 1000. The number of pyridine rings is 1. The van der Waals surface area contributed by atoms with E-state index < -0.39 is 0 Å². The Kier molecular flexibility index (Phi) is 4.10. The van der Waals surface area contributed by atoms with Crippen molar-refractivity contribution in [3.8, 4) is 17.0 Å². The van der Waals surface area contributed by atoms with Crippen LogP contribution < -0.4 is 4.74 Å². The number of hydrogen-bond acceptors (Lipinski definition) is 7. The molecule has 0 bridgehead atoms. The molecule has 4 aromatic rings. The van der Waals surface area contributed by atoms with Crippen LogP contribution in [-0.2, 0) is 6.54 Å². The molecule has 4 rings (SSSR count). The first-order valence-electron chi connectivity index (χ1n) is 7.52. The van der Waals surface area contributed by atoms with Crippen molar-refractivity contribution in [2.75, 3.05) is 0 Å². The summed E-state index contributed by atoms with van der Waals surface area (Å²) in [6.45, 7) is 2.49. The Morgan fingerprint density at radius 1 is 1.24 bits per heavy atom. The zero-order valence-corrected chi connectivity index (χ0v) is 14.8. The third-order valence-electron chi connectivity index (χ3n) is 3.50. The predicted octanol–water partition coefficient (Wildman–Crippen LogP) is 2.01. The molecule has 0 saturated carbocycles. The SMILES string of the molecule is C[C@@H](Cn1cnnn1)Oc1cncc(-c2ccc3ncc(Br)n3n2)c1. The summed E-state index contributed by atoms with van der Waals surface area (Å²) in [5, 5.41) is 15.6. The summed E-state index contributed by atoms with van der Waals surface area (Å²) in [6, 6.07) is 5.71. The smallest absolute Gasteiger partial charge is 0.154 e. The number of imidazole rings is 1. The fourth-order valence-corrected chi connectivity index (χ4v) is 2.78. The van der Waals surface area contributed by atoms with Crippen molar-refractivity contribution in [1.29, 1.82) is 0 Å². The Morgan fingerprint density at radius 3 is 3.00 bits per heavy atom. The molecule has 0 saturated heterocycles. The highest BCUT2D eigenvalue weighted by Gasteiger charge is 2.10. The van der Waals surface area contributed by atoms with E-state index in [1.54, 1.807) is 34.1 Å². The number of tetrazole rings is 1. The standard InChI is InChI=1S/C15H13BrN8O/c1-10(8-23-9-19-21-22-23)25-12-4-11(5-17-6-12)13-2-3-15-18-7-14(16)24(15)20-13/h2-7,9-10H,8H2,1H3/t10-/m0/s1. The molecule has 4 heterocycles. The third kappa shape index (κ3) is 3.33. The highest BCUT2D eigenvalue weighted by molar-refractivity contribution is 9.10. The van der Waals surface area contributed by atoms with Crippen LogP contribution in [0.1, 0.15) is 6.92 Å². The molecule has 10 heteroatoms. The largest absolute Gasteiger partial charge is 0.487 e. The summed E-state index contributed by atoms with van der Waals surface area (Å²) >= 11 is 3.43. The molecular weight excluding hydrogens is 388 g/mol. The molecule has 0 amide bonds. The molecule has 0 aliphatic rings. The van der Waals surface area contributed by atoms with Crippen LogP contribution in [0.3, 0.4) is 0 Å². The Morgan fingerprint density at radius 2 is 2.16 bits per heavy atom. The van der Waals surface area contributed by atoms with Gasteiger partial charge in [0.1, 0.15) is 22.8 Å². The first kappa shape index (κ1) is 15.6. The summed E-state index contributed by atoms with van der Waals surface area (Å²) in [5.41, 5.74) is 2.40. The molecule has 0 unspecified atom stereocenters. The number of aromatic nitrogens is 8. The lowest BCUT2D eigenvalue weighted by Crippen LogP contribution is -2.20. The molecule has 4 aromatic heterocycles. The topological polar surface area (TPSA) is 95.9 Å². The summed E-state index contributed by atoms with van der Waals surface area (Å²) in [4.78, 5) is 8.49. The van der Waals surface area contributed by atoms with Crippen LogP contribution in [0.2, 0.25) is 0 Å². The van der Waals surface area contributed by atoms with Crippen LogP contribution in [0.4, 0.5) is 0 Å². The van der Waals surface area contributed by atoms with E-state index in [0.717, 1.165) is 21.5 Å². The maximum atomic E-state index is 5.91.